The van der Waals surface area contributed by atoms with Crippen LogP contribution < -0.4 is 9.46 Å². The number of hydrogen-bond acceptors (Lipinski definition) is 5. The highest BCUT2D eigenvalue weighted by molar-refractivity contribution is 7.96. The van der Waals surface area contributed by atoms with Gasteiger partial charge >= 0.3 is 6.36 Å². The van der Waals surface area contributed by atoms with Crippen LogP contribution in [-0.2, 0) is 9.53 Å². The maximum absolute atomic E-state index is 12.7. The van der Waals surface area contributed by atoms with Crippen molar-refractivity contribution in [1.29, 1.82) is 0 Å². The van der Waals surface area contributed by atoms with Gasteiger partial charge in [0.05, 0.1) is 18.8 Å². The molecule has 3 rings (SSSR count). The number of carbonyl (C=O) groups excluding carboxylic acids is 1. The number of para-hydroxylation sites is 1. The highest BCUT2D eigenvalue weighted by Crippen LogP contribution is 2.40. The largest absolute Gasteiger partial charge is 0.573 e. The standard InChI is InChI=1S/C22H31F3N2O3S/c1-15(28)27-13-5-7-19(26-31-2)20(27)14-29-17-11-9-16(10-12-17)18-6-3-4-8-21(18)30-22(23,24)25/h3-4,6,8,16-17,19-20,26H,5,7,9-14H2,1-2H3/t16?,17?,19?,20-/m0/s1. The molecule has 5 nitrogen and oxygen atoms in total. The van der Waals surface area contributed by atoms with Crippen LogP contribution in [0.1, 0.15) is 56.9 Å². The van der Waals surface area contributed by atoms with Crippen LogP contribution in [0.3, 0.4) is 0 Å². The number of alkyl halides is 3. The Hall–Kier alpha value is -1.45. The fraction of sp³-hybridized carbons (Fsp3) is 0.682. The van der Waals surface area contributed by atoms with Gasteiger partial charge in [-0.15, -0.1) is 13.2 Å². The number of hydrogen-bond donors (Lipinski definition) is 1. The number of carbonyl (C=O) groups is 1. The summed E-state index contributed by atoms with van der Waals surface area (Å²) >= 11 is 1.55. The maximum atomic E-state index is 12.7. The molecule has 1 unspecified atom stereocenters. The van der Waals surface area contributed by atoms with Gasteiger partial charge < -0.3 is 14.4 Å². The van der Waals surface area contributed by atoms with Crippen molar-refractivity contribution in [3.8, 4) is 5.75 Å². The van der Waals surface area contributed by atoms with E-state index in [4.69, 9.17) is 4.74 Å². The second-order valence-electron chi connectivity index (χ2n) is 8.24. The van der Waals surface area contributed by atoms with Gasteiger partial charge in [0, 0.05) is 19.5 Å². The lowest BCUT2D eigenvalue weighted by molar-refractivity contribution is -0.275. The quantitative estimate of drug-likeness (QED) is 0.588. The van der Waals surface area contributed by atoms with Gasteiger partial charge in [-0.05, 0) is 62.3 Å². The van der Waals surface area contributed by atoms with Crippen LogP contribution >= 0.6 is 11.9 Å². The Balaban J connectivity index is 1.56. The molecule has 0 radical (unpaired) electrons. The molecule has 9 heteroatoms. The van der Waals surface area contributed by atoms with Crippen molar-refractivity contribution in [3.05, 3.63) is 29.8 Å². The van der Waals surface area contributed by atoms with Crippen LogP contribution in [0.2, 0.25) is 0 Å². The molecule has 1 saturated heterocycles. The van der Waals surface area contributed by atoms with Gasteiger partial charge in [-0.25, -0.2) is 0 Å². The minimum atomic E-state index is -4.69. The fourth-order valence-electron chi connectivity index (χ4n) is 4.75. The Bertz CT molecular complexity index is 724. The highest BCUT2D eigenvalue weighted by Gasteiger charge is 2.35. The number of likely N-dealkylation sites (tertiary alicyclic amines) is 1. The Morgan fingerprint density at radius 2 is 1.90 bits per heavy atom. The van der Waals surface area contributed by atoms with Crippen LogP contribution in [0.25, 0.3) is 0 Å². The van der Waals surface area contributed by atoms with E-state index in [1.165, 1.54) is 6.07 Å². The summed E-state index contributed by atoms with van der Waals surface area (Å²) in [5, 5.41) is 0. The van der Waals surface area contributed by atoms with Crippen molar-refractivity contribution in [3.63, 3.8) is 0 Å². The Labute approximate surface area is 186 Å². The topological polar surface area (TPSA) is 50.8 Å². The Kier molecular flexibility index (Phi) is 8.52. The molecule has 2 fully saturated rings. The molecule has 1 heterocycles. The smallest absolute Gasteiger partial charge is 0.405 e. The molecule has 1 amide bonds. The predicted molar refractivity (Wildman–Crippen MR) is 115 cm³/mol. The van der Waals surface area contributed by atoms with Crippen molar-refractivity contribution in [2.45, 2.75) is 75.9 Å². The normalized spacial score (nSPS) is 27.2. The van der Waals surface area contributed by atoms with Crippen LogP contribution in [-0.4, -0.2) is 54.8 Å². The van der Waals surface area contributed by atoms with Crippen molar-refractivity contribution in [2.75, 3.05) is 19.4 Å². The molecule has 2 aliphatic rings. The number of benzene rings is 1. The molecular weight excluding hydrogens is 429 g/mol. The number of piperidine rings is 1. The van der Waals surface area contributed by atoms with Crippen LogP contribution in [0.4, 0.5) is 13.2 Å². The first kappa shape index (κ1) is 24.2. The summed E-state index contributed by atoms with van der Waals surface area (Å²) in [6, 6.07) is 6.60. The SMILES string of the molecule is CSNC1CCCN(C(C)=O)[C@H]1COC1CCC(c2ccccc2OC(F)(F)F)CC1. The molecule has 1 aromatic carbocycles. The van der Waals surface area contributed by atoms with E-state index in [0.717, 1.165) is 45.1 Å². The third-order valence-corrected chi connectivity index (χ3v) is 6.75. The Morgan fingerprint density at radius 1 is 1.19 bits per heavy atom. The molecular formula is C22H31F3N2O3S. The number of nitrogens with zero attached hydrogens (tertiary/aromatic N) is 1. The van der Waals surface area contributed by atoms with Crippen molar-refractivity contribution in [2.24, 2.45) is 0 Å². The monoisotopic (exact) mass is 460 g/mol. The molecule has 0 aromatic heterocycles. The summed E-state index contributed by atoms with van der Waals surface area (Å²) in [5.74, 6) is -0.0245. The van der Waals surface area contributed by atoms with E-state index in [1.807, 2.05) is 11.2 Å². The summed E-state index contributed by atoms with van der Waals surface area (Å²) in [4.78, 5) is 14.0. The summed E-state index contributed by atoms with van der Waals surface area (Å²) in [6.45, 7) is 2.82. The van der Waals surface area contributed by atoms with E-state index in [9.17, 15) is 18.0 Å². The minimum Gasteiger partial charge on any atom is -0.405 e. The van der Waals surface area contributed by atoms with E-state index < -0.39 is 6.36 Å². The lowest BCUT2D eigenvalue weighted by atomic mass is 9.82. The van der Waals surface area contributed by atoms with Gasteiger partial charge in [0.25, 0.3) is 0 Å². The zero-order chi connectivity index (χ0) is 22.4. The first-order valence-electron chi connectivity index (χ1n) is 10.8. The average molecular weight is 461 g/mol. The molecule has 31 heavy (non-hydrogen) atoms. The van der Waals surface area contributed by atoms with Gasteiger partial charge in [-0.1, -0.05) is 30.1 Å². The van der Waals surface area contributed by atoms with Crippen molar-refractivity contribution in [1.82, 2.24) is 9.62 Å². The zero-order valence-corrected chi connectivity index (χ0v) is 18.8. The van der Waals surface area contributed by atoms with E-state index in [1.54, 1.807) is 37.1 Å². The number of ether oxygens (including phenoxy) is 2. The third kappa shape index (κ3) is 6.76. The second kappa shape index (κ2) is 10.9. The molecule has 1 N–H and O–H groups in total. The molecule has 1 aliphatic carbocycles. The maximum Gasteiger partial charge on any atom is 0.573 e. The van der Waals surface area contributed by atoms with Crippen LogP contribution in [0, 0.1) is 0 Å². The summed E-state index contributed by atoms with van der Waals surface area (Å²) in [5.41, 5.74) is 0.609. The first-order valence-corrected chi connectivity index (χ1v) is 12.0. The van der Waals surface area contributed by atoms with E-state index >= 15 is 0 Å². The summed E-state index contributed by atoms with van der Waals surface area (Å²) < 4.78 is 52.0. The van der Waals surface area contributed by atoms with Crippen molar-refractivity contribution < 1.29 is 27.4 Å². The molecule has 1 aromatic rings. The third-order valence-electron chi connectivity index (χ3n) is 6.21. The van der Waals surface area contributed by atoms with Gasteiger partial charge in [-0.2, -0.15) is 0 Å². The minimum absolute atomic E-state index is 0.00247. The number of rotatable bonds is 7. The summed E-state index contributed by atoms with van der Waals surface area (Å²) in [7, 11) is 0. The lowest BCUT2D eigenvalue weighted by Crippen LogP contribution is -2.56. The van der Waals surface area contributed by atoms with Gasteiger partial charge in [0.15, 0.2) is 0 Å². The molecule has 0 bridgehead atoms. The number of halogens is 3. The summed E-state index contributed by atoms with van der Waals surface area (Å²) in [6.07, 6.45) is 2.36. The molecule has 0 spiro atoms. The first-order chi connectivity index (χ1) is 14.8. The predicted octanol–water partition coefficient (Wildman–Crippen LogP) is 4.88. The molecule has 174 valence electrons. The van der Waals surface area contributed by atoms with Gasteiger partial charge in [0.1, 0.15) is 5.75 Å². The van der Waals surface area contributed by atoms with Gasteiger partial charge in [-0.3, -0.25) is 9.52 Å². The van der Waals surface area contributed by atoms with E-state index in [2.05, 4.69) is 9.46 Å². The lowest BCUT2D eigenvalue weighted by Gasteiger charge is -2.41. The molecule has 1 saturated carbocycles. The van der Waals surface area contributed by atoms with Crippen LogP contribution in [0.5, 0.6) is 5.75 Å². The van der Waals surface area contributed by atoms with Crippen molar-refractivity contribution >= 4 is 17.9 Å². The molecule has 1 aliphatic heterocycles. The highest BCUT2D eigenvalue weighted by atomic mass is 32.2. The number of nitrogens with one attached hydrogen (secondary N) is 1. The second-order valence-corrected chi connectivity index (χ2v) is 8.89. The van der Waals surface area contributed by atoms with E-state index in [0.29, 0.717) is 12.2 Å². The average Bonchev–Trinajstić information content (AvgIpc) is 2.72. The Morgan fingerprint density at radius 3 is 2.55 bits per heavy atom. The zero-order valence-electron chi connectivity index (χ0n) is 18.0. The fourth-order valence-corrected chi connectivity index (χ4v) is 5.33. The molecule has 2 atom stereocenters. The number of amides is 1. The van der Waals surface area contributed by atoms with Gasteiger partial charge in [0.2, 0.25) is 5.91 Å². The van der Waals surface area contributed by atoms with Crippen LogP contribution in [0.15, 0.2) is 24.3 Å². The van der Waals surface area contributed by atoms with E-state index in [-0.39, 0.29) is 35.8 Å².